The van der Waals surface area contributed by atoms with E-state index in [4.69, 9.17) is 4.74 Å². The van der Waals surface area contributed by atoms with Crippen LogP contribution in [0, 0.1) is 41.5 Å². The van der Waals surface area contributed by atoms with E-state index in [2.05, 4.69) is 5.32 Å². The molecule has 0 spiro atoms. The predicted octanol–water partition coefficient (Wildman–Crippen LogP) is 4.60. The maximum atomic E-state index is 12.7. The van der Waals surface area contributed by atoms with Crippen LogP contribution in [0.15, 0.2) is 6.07 Å². The highest BCUT2D eigenvalue weighted by Gasteiger charge is 2.23. The fourth-order valence-electron chi connectivity index (χ4n) is 3.03. The van der Waals surface area contributed by atoms with E-state index in [1.165, 1.54) is 18.3 Å². The largest absolute Gasteiger partial charge is 0.454 e. The fraction of sp³-hybridized carbons (Fsp3) is 0.381. The lowest BCUT2D eigenvalue weighted by atomic mass is 9.92. The molecule has 0 unspecified atom stereocenters. The number of esters is 1. The first kappa shape index (κ1) is 20.8. The summed E-state index contributed by atoms with van der Waals surface area (Å²) in [7, 11) is 0. The van der Waals surface area contributed by atoms with E-state index < -0.39 is 5.97 Å². The SMILES string of the molecule is CC(=O)Nc1sc(C)c(C)c1C(=O)OCC(=O)c1c(C)c(C)cc(C)c1C. The summed E-state index contributed by atoms with van der Waals surface area (Å²) >= 11 is 1.32. The van der Waals surface area contributed by atoms with Crippen molar-refractivity contribution in [3.05, 3.63) is 49.9 Å². The van der Waals surface area contributed by atoms with E-state index in [0.717, 1.165) is 32.7 Å². The van der Waals surface area contributed by atoms with Gasteiger partial charge >= 0.3 is 5.97 Å². The van der Waals surface area contributed by atoms with Crippen molar-refractivity contribution in [1.82, 2.24) is 0 Å². The molecule has 27 heavy (non-hydrogen) atoms. The molecule has 2 rings (SSSR count). The summed E-state index contributed by atoms with van der Waals surface area (Å²) in [6, 6.07) is 2.05. The van der Waals surface area contributed by atoms with E-state index >= 15 is 0 Å². The lowest BCUT2D eigenvalue weighted by Crippen LogP contribution is -2.18. The minimum absolute atomic E-state index is 0.226. The number of thiophene rings is 1. The molecule has 0 aliphatic carbocycles. The van der Waals surface area contributed by atoms with Crippen LogP contribution < -0.4 is 5.32 Å². The molecule has 1 aromatic carbocycles. The van der Waals surface area contributed by atoms with E-state index in [0.29, 0.717) is 16.1 Å². The van der Waals surface area contributed by atoms with Crippen LogP contribution >= 0.6 is 11.3 Å². The number of ether oxygens (including phenoxy) is 1. The van der Waals surface area contributed by atoms with Gasteiger partial charge in [-0.15, -0.1) is 11.3 Å². The van der Waals surface area contributed by atoms with Crippen LogP contribution in [0.5, 0.6) is 0 Å². The molecule has 1 N–H and O–H groups in total. The second-order valence-electron chi connectivity index (χ2n) is 6.80. The summed E-state index contributed by atoms with van der Waals surface area (Å²) in [5.74, 6) is -1.09. The Morgan fingerprint density at radius 3 is 2.00 bits per heavy atom. The van der Waals surface area contributed by atoms with Gasteiger partial charge in [-0.3, -0.25) is 9.59 Å². The molecule has 1 amide bonds. The Labute approximate surface area is 163 Å². The molecule has 0 fully saturated rings. The third-order valence-electron chi connectivity index (χ3n) is 4.86. The number of carbonyl (C=O) groups is 3. The van der Waals surface area contributed by atoms with Crippen LogP contribution in [0.4, 0.5) is 5.00 Å². The average molecular weight is 388 g/mol. The average Bonchev–Trinajstić information content (AvgIpc) is 2.84. The van der Waals surface area contributed by atoms with Crippen LogP contribution in [0.3, 0.4) is 0 Å². The van der Waals surface area contributed by atoms with Gasteiger partial charge in [0, 0.05) is 17.4 Å². The van der Waals surface area contributed by atoms with Crippen LogP contribution in [-0.4, -0.2) is 24.3 Å². The number of amides is 1. The molecule has 0 atom stereocenters. The maximum absolute atomic E-state index is 12.7. The normalized spacial score (nSPS) is 10.6. The molecule has 0 bridgehead atoms. The number of anilines is 1. The highest BCUT2D eigenvalue weighted by atomic mass is 32.1. The Morgan fingerprint density at radius 1 is 0.926 bits per heavy atom. The zero-order chi connectivity index (χ0) is 20.5. The van der Waals surface area contributed by atoms with Gasteiger partial charge in [-0.2, -0.15) is 0 Å². The number of aryl methyl sites for hydroxylation is 3. The quantitative estimate of drug-likeness (QED) is 0.601. The minimum Gasteiger partial charge on any atom is -0.454 e. The van der Waals surface area contributed by atoms with Gasteiger partial charge in [-0.05, 0) is 69.4 Å². The first-order valence-corrected chi connectivity index (χ1v) is 9.51. The standard InChI is InChI=1S/C21H25NO4S/c1-10-8-11(2)13(4)18(12(10)3)17(24)9-26-21(25)19-14(5)15(6)27-20(19)22-16(7)23/h8H,9H2,1-7H3,(H,22,23). The molecule has 0 saturated heterocycles. The molecule has 1 aromatic heterocycles. The Morgan fingerprint density at radius 2 is 1.48 bits per heavy atom. The topological polar surface area (TPSA) is 72.5 Å². The van der Waals surface area contributed by atoms with Gasteiger partial charge in [0.1, 0.15) is 5.00 Å². The van der Waals surface area contributed by atoms with Crippen molar-refractivity contribution in [1.29, 1.82) is 0 Å². The van der Waals surface area contributed by atoms with Gasteiger partial charge in [-0.25, -0.2) is 4.79 Å². The minimum atomic E-state index is -0.603. The molecular formula is C21H25NO4S. The van der Waals surface area contributed by atoms with E-state index in [1.807, 2.05) is 40.7 Å². The van der Waals surface area contributed by atoms with Crippen LogP contribution in [0.25, 0.3) is 0 Å². The molecule has 0 radical (unpaired) electrons. The summed E-state index contributed by atoms with van der Waals surface area (Å²) in [5.41, 5.74) is 5.55. The summed E-state index contributed by atoms with van der Waals surface area (Å²) < 4.78 is 5.32. The van der Waals surface area contributed by atoms with Crippen molar-refractivity contribution in [3.63, 3.8) is 0 Å². The Balaban J connectivity index is 2.25. The smallest absolute Gasteiger partial charge is 0.341 e. The molecule has 0 aliphatic rings. The van der Waals surface area contributed by atoms with Crippen LogP contribution in [-0.2, 0) is 9.53 Å². The number of nitrogens with one attached hydrogen (secondary N) is 1. The van der Waals surface area contributed by atoms with E-state index in [9.17, 15) is 14.4 Å². The summed E-state index contributed by atoms with van der Waals surface area (Å²) in [6.45, 7) is 12.4. The van der Waals surface area contributed by atoms with E-state index in [-0.39, 0.29) is 18.3 Å². The summed E-state index contributed by atoms with van der Waals surface area (Å²) in [6.07, 6.45) is 0. The molecule has 2 aromatic rings. The number of ketones is 1. The summed E-state index contributed by atoms with van der Waals surface area (Å²) in [5, 5.41) is 3.11. The third-order valence-corrected chi connectivity index (χ3v) is 5.98. The van der Waals surface area contributed by atoms with E-state index in [1.54, 1.807) is 6.92 Å². The molecule has 0 aliphatic heterocycles. The zero-order valence-corrected chi connectivity index (χ0v) is 17.6. The summed E-state index contributed by atoms with van der Waals surface area (Å²) in [4.78, 5) is 37.6. The third kappa shape index (κ3) is 4.27. The first-order chi connectivity index (χ1) is 12.5. The maximum Gasteiger partial charge on any atom is 0.341 e. The second kappa shape index (κ2) is 8.05. The molecule has 6 heteroatoms. The van der Waals surface area contributed by atoms with Crippen molar-refractivity contribution in [2.45, 2.75) is 48.5 Å². The Kier molecular flexibility index (Phi) is 6.21. The molecule has 5 nitrogen and oxygen atoms in total. The zero-order valence-electron chi connectivity index (χ0n) is 16.8. The number of carbonyl (C=O) groups excluding carboxylic acids is 3. The highest BCUT2D eigenvalue weighted by Crippen LogP contribution is 2.33. The van der Waals surface area contributed by atoms with Crippen molar-refractivity contribution in [3.8, 4) is 0 Å². The lowest BCUT2D eigenvalue weighted by Gasteiger charge is -2.14. The number of rotatable bonds is 5. The number of hydrogen-bond donors (Lipinski definition) is 1. The van der Waals surface area contributed by atoms with Crippen molar-refractivity contribution in [2.75, 3.05) is 11.9 Å². The molecule has 144 valence electrons. The number of hydrogen-bond acceptors (Lipinski definition) is 5. The van der Waals surface area contributed by atoms with Gasteiger partial charge in [0.25, 0.3) is 0 Å². The van der Waals surface area contributed by atoms with Gasteiger partial charge in [-0.1, -0.05) is 6.07 Å². The van der Waals surface area contributed by atoms with Crippen LogP contribution in [0.1, 0.15) is 60.3 Å². The predicted molar refractivity (Wildman–Crippen MR) is 108 cm³/mol. The van der Waals surface area contributed by atoms with Crippen LogP contribution in [0.2, 0.25) is 0 Å². The fourth-order valence-corrected chi connectivity index (χ4v) is 4.13. The van der Waals surface area contributed by atoms with Gasteiger partial charge in [0.2, 0.25) is 11.7 Å². The lowest BCUT2D eigenvalue weighted by molar-refractivity contribution is -0.114. The van der Waals surface area contributed by atoms with Crippen molar-refractivity contribution < 1.29 is 19.1 Å². The molecular weight excluding hydrogens is 362 g/mol. The monoisotopic (exact) mass is 387 g/mol. The molecule has 1 heterocycles. The number of benzene rings is 1. The first-order valence-electron chi connectivity index (χ1n) is 8.69. The van der Waals surface area contributed by atoms with Gasteiger partial charge < -0.3 is 10.1 Å². The number of Topliss-reactive ketones (excluding diaryl/α,β-unsaturated/α-hetero) is 1. The molecule has 0 saturated carbocycles. The van der Waals surface area contributed by atoms with Crippen molar-refractivity contribution in [2.24, 2.45) is 0 Å². The van der Waals surface area contributed by atoms with Gasteiger partial charge in [0.15, 0.2) is 6.61 Å². The Hall–Kier alpha value is -2.47. The van der Waals surface area contributed by atoms with Crippen molar-refractivity contribution >= 4 is 34.0 Å². The van der Waals surface area contributed by atoms with Gasteiger partial charge in [0.05, 0.1) is 5.56 Å². The Bertz CT molecular complexity index is 914. The second-order valence-corrected chi connectivity index (χ2v) is 8.03. The highest BCUT2D eigenvalue weighted by molar-refractivity contribution is 7.16.